The van der Waals surface area contributed by atoms with Crippen LogP contribution in [-0.2, 0) is 6.42 Å². The molecule has 5 heteroatoms. The molecule has 3 rings (SSSR count). The SMILES string of the molecule is CCCCc1cc2sc(-c3ccc(NC)cc3F)nc2s1. The minimum absolute atomic E-state index is 0.227. The topological polar surface area (TPSA) is 24.9 Å². The van der Waals surface area contributed by atoms with Crippen LogP contribution in [0.2, 0.25) is 0 Å². The Morgan fingerprint density at radius 2 is 2.10 bits per heavy atom. The molecule has 0 radical (unpaired) electrons. The Hall–Kier alpha value is -1.46. The molecule has 110 valence electrons. The van der Waals surface area contributed by atoms with Crippen LogP contribution in [0.4, 0.5) is 10.1 Å². The van der Waals surface area contributed by atoms with Crippen molar-refractivity contribution >= 4 is 37.9 Å². The maximum atomic E-state index is 14.1. The Bertz CT molecular complexity index is 729. The van der Waals surface area contributed by atoms with Crippen molar-refractivity contribution in [2.75, 3.05) is 12.4 Å². The maximum absolute atomic E-state index is 14.1. The molecule has 0 spiro atoms. The van der Waals surface area contributed by atoms with E-state index >= 15 is 0 Å². The van der Waals surface area contributed by atoms with Gasteiger partial charge in [-0.1, -0.05) is 13.3 Å². The number of aryl methyl sites for hydroxylation is 1. The average molecular weight is 320 g/mol. The summed E-state index contributed by atoms with van der Waals surface area (Å²) in [4.78, 5) is 7.01. The standard InChI is InChI=1S/C16H17FN2S2/c1-3-4-5-11-9-14-16(20-11)19-15(21-14)12-7-6-10(18-2)8-13(12)17/h6-9,18H,3-5H2,1-2H3. The number of hydrogen-bond donors (Lipinski definition) is 1. The molecule has 0 saturated carbocycles. The highest BCUT2D eigenvalue weighted by atomic mass is 32.1. The van der Waals surface area contributed by atoms with E-state index in [1.165, 1.54) is 23.8 Å². The first-order valence-corrected chi connectivity index (χ1v) is 8.71. The van der Waals surface area contributed by atoms with Gasteiger partial charge < -0.3 is 5.32 Å². The summed E-state index contributed by atoms with van der Waals surface area (Å²) in [6, 6.07) is 7.39. The molecule has 0 saturated heterocycles. The van der Waals surface area contributed by atoms with E-state index in [0.717, 1.165) is 26.6 Å². The van der Waals surface area contributed by atoms with E-state index in [0.29, 0.717) is 5.56 Å². The van der Waals surface area contributed by atoms with Gasteiger partial charge in [0, 0.05) is 23.2 Å². The van der Waals surface area contributed by atoms with Crippen molar-refractivity contribution in [3.8, 4) is 10.6 Å². The number of halogens is 1. The highest BCUT2D eigenvalue weighted by Gasteiger charge is 2.13. The van der Waals surface area contributed by atoms with Crippen LogP contribution in [0.1, 0.15) is 24.6 Å². The van der Waals surface area contributed by atoms with Crippen LogP contribution in [0, 0.1) is 5.82 Å². The molecule has 21 heavy (non-hydrogen) atoms. The summed E-state index contributed by atoms with van der Waals surface area (Å²) in [5.41, 5.74) is 1.36. The number of thiazole rings is 1. The van der Waals surface area contributed by atoms with E-state index in [2.05, 4.69) is 23.3 Å². The monoisotopic (exact) mass is 320 g/mol. The number of aromatic nitrogens is 1. The number of benzene rings is 1. The average Bonchev–Trinajstić information content (AvgIpc) is 3.03. The van der Waals surface area contributed by atoms with Gasteiger partial charge in [-0.05, 0) is 37.1 Å². The lowest BCUT2D eigenvalue weighted by molar-refractivity contribution is 0.632. The maximum Gasteiger partial charge on any atom is 0.135 e. The normalized spacial score (nSPS) is 11.2. The fraction of sp³-hybridized carbons (Fsp3) is 0.312. The largest absolute Gasteiger partial charge is 0.388 e. The number of fused-ring (bicyclic) bond motifs is 1. The van der Waals surface area contributed by atoms with E-state index in [9.17, 15) is 4.39 Å². The number of hydrogen-bond acceptors (Lipinski definition) is 4. The zero-order valence-electron chi connectivity index (χ0n) is 12.1. The zero-order chi connectivity index (χ0) is 14.8. The number of anilines is 1. The predicted octanol–water partition coefficient (Wildman–Crippen LogP) is 5.55. The molecule has 3 aromatic rings. The van der Waals surface area contributed by atoms with E-state index in [1.54, 1.807) is 35.8 Å². The first-order chi connectivity index (χ1) is 10.2. The molecule has 0 unspecified atom stereocenters. The van der Waals surface area contributed by atoms with E-state index in [-0.39, 0.29) is 5.82 Å². The summed E-state index contributed by atoms with van der Waals surface area (Å²) in [6.07, 6.45) is 3.53. The van der Waals surface area contributed by atoms with Crippen molar-refractivity contribution in [1.29, 1.82) is 0 Å². The molecule has 0 aliphatic rings. The van der Waals surface area contributed by atoms with E-state index < -0.39 is 0 Å². The summed E-state index contributed by atoms with van der Waals surface area (Å²) < 4.78 is 15.3. The van der Waals surface area contributed by atoms with Crippen molar-refractivity contribution in [2.24, 2.45) is 0 Å². The Kier molecular flexibility index (Phi) is 4.22. The lowest BCUT2D eigenvalue weighted by atomic mass is 10.2. The van der Waals surface area contributed by atoms with Crippen LogP contribution in [0.25, 0.3) is 20.1 Å². The van der Waals surface area contributed by atoms with Crippen molar-refractivity contribution in [3.05, 3.63) is 35.0 Å². The molecule has 0 amide bonds. The van der Waals surface area contributed by atoms with Crippen molar-refractivity contribution < 1.29 is 4.39 Å². The highest BCUT2D eigenvalue weighted by Crippen LogP contribution is 2.37. The molecule has 1 aromatic carbocycles. The second-order valence-corrected chi connectivity index (χ2v) is 7.10. The second-order valence-electron chi connectivity index (χ2n) is 4.95. The van der Waals surface area contributed by atoms with Gasteiger partial charge in [-0.3, -0.25) is 0 Å². The molecule has 0 atom stereocenters. The van der Waals surface area contributed by atoms with Gasteiger partial charge in [-0.2, -0.15) is 0 Å². The van der Waals surface area contributed by atoms with Crippen LogP contribution >= 0.6 is 22.7 Å². The van der Waals surface area contributed by atoms with Gasteiger partial charge in [0.15, 0.2) is 0 Å². The fourth-order valence-electron chi connectivity index (χ4n) is 2.22. The summed E-state index contributed by atoms with van der Waals surface area (Å²) in [7, 11) is 1.78. The molecule has 0 bridgehead atoms. The van der Waals surface area contributed by atoms with Crippen LogP contribution in [0.3, 0.4) is 0 Å². The third-order valence-corrected chi connectivity index (χ3v) is 5.66. The van der Waals surface area contributed by atoms with Gasteiger partial charge in [-0.15, -0.1) is 22.7 Å². The number of nitrogens with one attached hydrogen (secondary N) is 1. The van der Waals surface area contributed by atoms with Crippen LogP contribution in [-0.4, -0.2) is 12.0 Å². The van der Waals surface area contributed by atoms with Crippen LogP contribution < -0.4 is 5.32 Å². The van der Waals surface area contributed by atoms with Crippen molar-refractivity contribution in [3.63, 3.8) is 0 Å². The van der Waals surface area contributed by atoms with E-state index in [4.69, 9.17) is 0 Å². The molecule has 2 aromatic heterocycles. The first-order valence-electron chi connectivity index (χ1n) is 7.08. The number of nitrogens with zero attached hydrogens (tertiary/aromatic N) is 1. The zero-order valence-corrected chi connectivity index (χ0v) is 13.7. The fourth-order valence-corrected chi connectivity index (χ4v) is 4.52. The molecule has 2 heterocycles. The minimum Gasteiger partial charge on any atom is -0.388 e. The van der Waals surface area contributed by atoms with Crippen molar-refractivity contribution in [2.45, 2.75) is 26.2 Å². The molecule has 0 fully saturated rings. The summed E-state index contributed by atoms with van der Waals surface area (Å²) >= 11 is 3.30. The number of rotatable bonds is 5. The smallest absolute Gasteiger partial charge is 0.135 e. The van der Waals surface area contributed by atoms with Gasteiger partial charge in [-0.25, -0.2) is 9.37 Å². The van der Waals surface area contributed by atoms with Crippen LogP contribution in [0.15, 0.2) is 24.3 Å². The highest BCUT2D eigenvalue weighted by molar-refractivity contribution is 7.28. The third-order valence-electron chi connectivity index (χ3n) is 3.41. The first kappa shape index (κ1) is 14.5. The Balaban J connectivity index is 1.92. The summed E-state index contributed by atoms with van der Waals surface area (Å²) in [6.45, 7) is 2.20. The number of unbranched alkanes of at least 4 members (excludes halogenated alkanes) is 1. The Morgan fingerprint density at radius 1 is 1.24 bits per heavy atom. The molecule has 0 aliphatic carbocycles. The molecule has 2 nitrogen and oxygen atoms in total. The molecular formula is C16H17FN2S2. The number of thiophene rings is 1. The summed E-state index contributed by atoms with van der Waals surface area (Å²) in [5.74, 6) is -0.227. The second kappa shape index (κ2) is 6.12. The quantitative estimate of drug-likeness (QED) is 0.667. The molecular weight excluding hydrogens is 303 g/mol. The van der Waals surface area contributed by atoms with E-state index in [1.807, 2.05) is 6.07 Å². The minimum atomic E-state index is -0.227. The predicted molar refractivity (Wildman–Crippen MR) is 91.0 cm³/mol. The van der Waals surface area contributed by atoms with Crippen LogP contribution in [0.5, 0.6) is 0 Å². The van der Waals surface area contributed by atoms with Gasteiger partial charge in [0.05, 0.1) is 4.70 Å². The van der Waals surface area contributed by atoms with Gasteiger partial charge in [0.1, 0.15) is 15.7 Å². The Labute approximate surface area is 131 Å². The van der Waals surface area contributed by atoms with Gasteiger partial charge in [0.2, 0.25) is 0 Å². The summed E-state index contributed by atoms with van der Waals surface area (Å²) in [5, 5.41) is 3.70. The lowest BCUT2D eigenvalue weighted by Gasteiger charge is -2.03. The van der Waals surface area contributed by atoms with Crippen molar-refractivity contribution in [1.82, 2.24) is 4.98 Å². The lowest BCUT2D eigenvalue weighted by Crippen LogP contribution is -1.90. The third kappa shape index (κ3) is 2.94. The van der Waals surface area contributed by atoms with Gasteiger partial charge in [0.25, 0.3) is 0 Å². The molecule has 1 N–H and O–H groups in total. The molecule has 0 aliphatic heterocycles. The Morgan fingerprint density at radius 3 is 2.76 bits per heavy atom. The van der Waals surface area contributed by atoms with Gasteiger partial charge >= 0.3 is 0 Å².